The van der Waals surface area contributed by atoms with Crippen molar-refractivity contribution in [1.29, 1.82) is 5.26 Å². The zero-order valence-electron chi connectivity index (χ0n) is 14.1. The lowest BCUT2D eigenvalue weighted by Gasteiger charge is -2.09. The SMILES string of the molecule is N#Cc1ccc(CNc2ccnc(C(=O)NCc3ccccc3)c2)cc1. The van der Waals surface area contributed by atoms with Crippen LogP contribution in [-0.4, -0.2) is 10.9 Å². The van der Waals surface area contributed by atoms with Crippen molar-refractivity contribution in [3.05, 3.63) is 95.3 Å². The van der Waals surface area contributed by atoms with Crippen molar-refractivity contribution in [2.75, 3.05) is 5.32 Å². The van der Waals surface area contributed by atoms with Gasteiger partial charge < -0.3 is 10.6 Å². The fraction of sp³-hybridized carbons (Fsp3) is 0.0952. The van der Waals surface area contributed by atoms with Crippen molar-refractivity contribution in [2.45, 2.75) is 13.1 Å². The van der Waals surface area contributed by atoms with Crippen LogP contribution in [0.15, 0.2) is 72.9 Å². The Kier molecular flexibility index (Phi) is 5.58. The number of rotatable bonds is 6. The van der Waals surface area contributed by atoms with Gasteiger partial charge in [-0.3, -0.25) is 9.78 Å². The molecule has 0 spiro atoms. The molecule has 0 saturated carbocycles. The first-order valence-corrected chi connectivity index (χ1v) is 8.26. The maximum absolute atomic E-state index is 12.3. The number of aromatic nitrogens is 1. The van der Waals surface area contributed by atoms with Gasteiger partial charge in [0.15, 0.2) is 0 Å². The summed E-state index contributed by atoms with van der Waals surface area (Å²) in [7, 11) is 0. The summed E-state index contributed by atoms with van der Waals surface area (Å²) in [5, 5.41) is 15.0. The monoisotopic (exact) mass is 342 g/mol. The van der Waals surface area contributed by atoms with Crippen LogP contribution in [0.1, 0.15) is 27.2 Å². The van der Waals surface area contributed by atoms with Gasteiger partial charge in [0.1, 0.15) is 5.69 Å². The van der Waals surface area contributed by atoms with Crippen molar-refractivity contribution in [3.8, 4) is 6.07 Å². The van der Waals surface area contributed by atoms with Gasteiger partial charge in [0, 0.05) is 25.0 Å². The summed E-state index contributed by atoms with van der Waals surface area (Å²) in [5.74, 6) is -0.212. The second-order valence-electron chi connectivity index (χ2n) is 5.76. The lowest BCUT2D eigenvalue weighted by atomic mass is 10.1. The zero-order valence-corrected chi connectivity index (χ0v) is 14.1. The first-order chi connectivity index (χ1) is 12.7. The van der Waals surface area contributed by atoms with Crippen LogP contribution in [0.2, 0.25) is 0 Å². The highest BCUT2D eigenvalue weighted by atomic mass is 16.1. The Bertz CT molecular complexity index is 915. The van der Waals surface area contributed by atoms with Gasteiger partial charge in [-0.2, -0.15) is 5.26 Å². The second kappa shape index (κ2) is 8.45. The molecule has 128 valence electrons. The van der Waals surface area contributed by atoms with E-state index >= 15 is 0 Å². The van der Waals surface area contributed by atoms with E-state index in [1.165, 1.54) is 0 Å². The van der Waals surface area contributed by atoms with Crippen molar-refractivity contribution in [3.63, 3.8) is 0 Å². The normalized spacial score (nSPS) is 9.96. The molecule has 0 unspecified atom stereocenters. The molecule has 5 nitrogen and oxygen atoms in total. The van der Waals surface area contributed by atoms with Gasteiger partial charge in [-0.15, -0.1) is 0 Å². The van der Waals surface area contributed by atoms with Crippen LogP contribution in [0, 0.1) is 11.3 Å². The number of benzene rings is 2. The summed E-state index contributed by atoms with van der Waals surface area (Å²) in [6.45, 7) is 1.06. The Morgan fingerprint density at radius 2 is 1.69 bits per heavy atom. The third kappa shape index (κ3) is 4.68. The molecule has 5 heteroatoms. The van der Waals surface area contributed by atoms with Gasteiger partial charge in [-0.1, -0.05) is 42.5 Å². The zero-order chi connectivity index (χ0) is 18.2. The molecule has 0 aliphatic heterocycles. The van der Waals surface area contributed by atoms with Crippen molar-refractivity contribution in [1.82, 2.24) is 10.3 Å². The molecule has 2 N–H and O–H groups in total. The maximum Gasteiger partial charge on any atom is 0.270 e. The van der Waals surface area contributed by atoms with Gasteiger partial charge in [-0.25, -0.2) is 0 Å². The van der Waals surface area contributed by atoms with E-state index < -0.39 is 0 Å². The molecule has 2 aromatic carbocycles. The summed E-state index contributed by atoms with van der Waals surface area (Å²) in [5.41, 5.74) is 3.90. The minimum atomic E-state index is -0.212. The van der Waals surface area contributed by atoms with Crippen LogP contribution in [0.5, 0.6) is 0 Å². The minimum absolute atomic E-state index is 0.212. The Morgan fingerprint density at radius 3 is 2.42 bits per heavy atom. The standard InChI is InChI=1S/C21H18N4O/c22-13-16-6-8-18(9-7-16)14-24-19-10-11-23-20(12-19)21(26)25-15-17-4-2-1-3-5-17/h1-12H,14-15H2,(H,23,24)(H,25,26). The predicted octanol–water partition coefficient (Wildman–Crippen LogP) is 3.50. The smallest absolute Gasteiger partial charge is 0.270 e. The highest BCUT2D eigenvalue weighted by Crippen LogP contribution is 2.11. The van der Waals surface area contributed by atoms with Crippen LogP contribution in [0.3, 0.4) is 0 Å². The Hall–Kier alpha value is -3.65. The number of anilines is 1. The summed E-state index contributed by atoms with van der Waals surface area (Å²) < 4.78 is 0. The van der Waals surface area contributed by atoms with Gasteiger partial charge in [0.2, 0.25) is 0 Å². The largest absolute Gasteiger partial charge is 0.381 e. The highest BCUT2D eigenvalue weighted by Gasteiger charge is 2.07. The average Bonchev–Trinajstić information content (AvgIpc) is 2.72. The van der Waals surface area contributed by atoms with Crippen molar-refractivity contribution < 1.29 is 4.79 Å². The maximum atomic E-state index is 12.3. The number of nitriles is 1. The molecule has 3 aromatic rings. The number of amides is 1. The van der Waals surface area contributed by atoms with Crippen LogP contribution >= 0.6 is 0 Å². The van der Waals surface area contributed by atoms with E-state index in [0.29, 0.717) is 24.3 Å². The summed E-state index contributed by atoms with van der Waals surface area (Å²) >= 11 is 0. The van der Waals surface area contributed by atoms with Gasteiger partial charge in [0.05, 0.1) is 11.6 Å². The number of pyridine rings is 1. The third-order valence-electron chi connectivity index (χ3n) is 3.87. The summed E-state index contributed by atoms with van der Waals surface area (Å²) in [6.07, 6.45) is 1.61. The fourth-order valence-electron chi connectivity index (χ4n) is 2.43. The molecule has 1 aromatic heterocycles. The Morgan fingerprint density at radius 1 is 0.962 bits per heavy atom. The van der Waals surface area contributed by atoms with E-state index in [1.807, 2.05) is 48.5 Å². The van der Waals surface area contributed by atoms with E-state index in [2.05, 4.69) is 21.7 Å². The molecule has 0 aliphatic rings. The summed E-state index contributed by atoms with van der Waals surface area (Å²) in [6, 6.07) is 22.8. The molecule has 3 rings (SSSR count). The number of hydrogen-bond acceptors (Lipinski definition) is 4. The van der Waals surface area contributed by atoms with Crippen LogP contribution in [0.4, 0.5) is 5.69 Å². The highest BCUT2D eigenvalue weighted by molar-refractivity contribution is 5.93. The van der Waals surface area contributed by atoms with Gasteiger partial charge in [0.25, 0.3) is 5.91 Å². The lowest BCUT2D eigenvalue weighted by molar-refractivity contribution is 0.0946. The van der Waals surface area contributed by atoms with E-state index in [4.69, 9.17) is 5.26 Å². The van der Waals surface area contributed by atoms with Crippen molar-refractivity contribution >= 4 is 11.6 Å². The molecule has 26 heavy (non-hydrogen) atoms. The van der Waals surface area contributed by atoms with Gasteiger partial charge >= 0.3 is 0 Å². The quantitative estimate of drug-likeness (QED) is 0.719. The fourth-order valence-corrected chi connectivity index (χ4v) is 2.43. The second-order valence-corrected chi connectivity index (χ2v) is 5.76. The van der Waals surface area contributed by atoms with E-state index in [1.54, 1.807) is 24.4 Å². The Labute approximate surface area is 152 Å². The first kappa shape index (κ1) is 17.2. The third-order valence-corrected chi connectivity index (χ3v) is 3.87. The average molecular weight is 342 g/mol. The molecule has 0 bridgehead atoms. The molecule has 0 saturated heterocycles. The van der Waals surface area contributed by atoms with Crippen LogP contribution < -0.4 is 10.6 Å². The molecule has 0 radical (unpaired) electrons. The van der Waals surface area contributed by atoms with E-state index in [9.17, 15) is 4.79 Å². The molecular formula is C21H18N4O. The number of nitrogens with one attached hydrogen (secondary N) is 2. The van der Waals surface area contributed by atoms with Crippen LogP contribution in [-0.2, 0) is 13.1 Å². The van der Waals surface area contributed by atoms with Gasteiger partial charge in [-0.05, 0) is 35.4 Å². The minimum Gasteiger partial charge on any atom is -0.381 e. The molecular weight excluding hydrogens is 324 g/mol. The number of carbonyl (C=O) groups excluding carboxylic acids is 1. The topological polar surface area (TPSA) is 77.8 Å². The molecule has 0 aliphatic carbocycles. The number of carbonyl (C=O) groups is 1. The number of nitrogens with zero attached hydrogens (tertiary/aromatic N) is 2. The summed E-state index contributed by atoms with van der Waals surface area (Å²) in [4.78, 5) is 16.4. The lowest BCUT2D eigenvalue weighted by Crippen LogP contribution is -2.23. The van der Waals surface area contributed by atoms with E-state index in [-0.39, 0.29) is 5.91 Å². The molecule has 0 fully saturated rings. The molecule has 0 atom stereocenters. The van der Waals surface area contributed by atoms with Crippen LogP contribution in [0.25, 0.3) is 0 Å². The predicted molar refractivity (Wildman–Crippen MR) is 100 cm³/mol. The van der Waals surface area contributed by atoms with E-state index in [0.717, 1.165) is 16.8 Å². The number of hydrogen-bond donors (Lipinski definition) is 2. The molecule has 1 heterocycles. The Balaban J connectivity index is 1.58. The first-order valence-electron chi connectivity index (χ1n) is 8.26. The van der Waals surface area contributed by atoms with Crippen molar-refractivity contribution in [2.24, 2.45) is 0 Å². The molecule has 1 amide bonds.